The standard InChI is InChI=1S/C7H6F2N2O3/c1-3-4(6(8)9)2-5(12)7(10-3)11(13)14/h2,6,12H,1H3. The van der Waals surface area contributed by atoms with Gasteiger partial charge in [0.05, 0.1) is 5.56 Å². The number of halogens is 2. The molecule has 7 heteroatoms. The summed E-state index contributed by atoms with van der Waals surface area (Å²) in [6.45, 7) is 1.22. The summed E-state index contributed by atoms with van der Waals surface area (Å²) in [6, 6.07) is 0.658. The van der Waals surface area contributed by atoms with Crippen molar-refractivity contribution < 1.29 is 18.8 Å². The number of nitrogens with zero attached hydrogens (tertiary/aromatic N) is 2. The summed E-state index contributed by atoms with van der Waals surface area (Å²) in [5, 5.41) is 19.2. The van der Waals surface area contributed by atoms with Crippen LogP contribution in [0.25, 0.3) is 0 Å². The average Bonchev–Trinajstić information content (AvgIpc) is 2.07. The minimum atomic E-state index is -2.81. The van der Waals surface area contributed by atoms with Crippen molar-refractivity contribution in [3.8, 4) is 5.75 Å². The van der Waals surface area contributed by atoms with Gasteiger partial charge in [-0.2, -0.15) is 0 Å². The average molecular weight is 204 g/mol. The van der Waals surface area contributed by atoms with Crippen LogP contribution in [0.5, 0.6) is 5.75 Å². The van der Waals surface area contributed by atoms with E-state index in [2.05, 4.69) is 4.98 Å². The molecule has 0 fully saturated rings. The maximum absolute atomic E-state index is 12.2. The van der Waals surface area contributed by atoms with Gasteiger partial charge in [0.1, 0.15) is 0 Å². The molecule has 0 bridgehead atoms. The first-order chi connectivity index (χ1) is 6.43. The van der Waals surface area contributed by atoms with E-state index < -0.39 is 28.5 Å². The van der Waals surface area contributed by atoms with Gasteiger partial charge in [-0.3, -0.25) is 0 Å². The Labute approximate surface area is 77.2 Å². The number of hydrogen-bond donors (Lipinski definition) is 1. The first-order valence-electron chi connectivity index (χ1n) is 3.56. The summed E-state index contributed by atoms with van der Waals surface area (Å²) >= 11 is 0. The molecule has 1 aromatic heterocycles. The van der Waals surface area contributed by atoms with Crippen LogP contribution in [0.3, 0.4) is 0 Å². The normalized spacial score (nSPS) is 10.6. The molecule has 0 saturated carbocycles. The van der Waals surface area contributed by atoms with Gasteiger partial charge in [-0.25, -0.2) is 8.78 Å². The third-order valence-corrected chi connectivity index (χ3v) is 1.62. The molecule has 5 nitrogen and oxygen atoms in total. The Morgan fingerprint density at radius 3 is 2.64 bits per heavy atom. The third kappa shape index (κ3) is 1.76. The molecule has 0 aliphatic heterocycles. The number of hydrogen-bond acceptors (Lipinski definition) is 4. The zero-order valence-electron chi connectivity index (χ0n) is 7.07. The molecular formula is C7H6F2N2O3. The summed E-state index contributed by atoms with van der Waals surface area (Å²) < 4.78 is 24.4. The van der Waals surface area contributed by atoms with Crippen molar-refractivity contribution in [2.45, 2.75) is 13.3 Å². The summed E-state index contributed by atoms with van der Waals surface area (Å²) in [4.78, 5) is 12.6. The van der Waals surface area contributed by atoms with Crippen LogP contribution < -0.4 is 0 Å². The van der Waals surface area contributed by atoms with Crippen molar-refractivity contribution in [2.24, 2.45) is 0 Å². The maximum atomic E-state index is 12.2. The molecule has 0 spiro atoms. The maximum Gasteiger partial charge on any atom is 0.406 e. The SMILES string of the molecule is Cc1nc([N+](=O)[O-])c(O)cc1C(F)F. The molecule has 0 saturated heterocycles. The van der Waals surface area contributed by atoms with Gasteiger partial charge in [-0.1, -0.05) is 0 Å². The van der Waals surface area contributed by atoms with Crippen LogP contribution in [0.4, 0.5) is 14.6 Å². The highest BCUT2D eigenvalue weighted by molar-refractivity contribution is 5.43. The Balaban J connectivity index is 3.31. The van der Waals surface area contributed by atoms with E-state index in [4.69, 9.17) is 5.11 Å². The summed E-state index contributed by atoms with van der Waals surface area (Å²) in [6.07, 6.45) is -2.81. The molecule has 1 heterocycles. The second-order valence-electron chi connectivity index (χ2n) is 2.56. The van der Waals surface area contributed by atoms with Gasteiger partial charge < -0.3 is 15.2 Å². The quantitative estimate of drug-likeness (QED) is 0.589. The third-order valence-electron chi connectivity index (χ3n) is 1.62. The van der Waals surface area contributed by atoms with Gasteiger partial charge in [0.15, 0.2) is 5.69 Å². The van der Waals surface area contributed by atoms with Gasteiger partial charge >= 0.3 is 5.82 Å². The molecule has 0 aliphatic carbocycles. The fraction of sp³-hybridized carbons (Fsp3) is 0.286. The number of aromatic hydroxyl groups is 1. The zero-order chi connectivity index (χ0) is 10.9. The fourth-order valence-electron chi connectivity index (χ4n) is 0.952. The van der Waals surface area contributed by atoms with E-state index in [1.54, 1.807) is 0 Å². The lowest BCUT2D eigenvalue weighted by molar-refractivity contribution is -0.390. The van der Waals surface area contributed by atoms with Crippen LogP contribution >= 0.6 is 0 Å². The van der Waals surface area contributed by atoms with Gasteiger partial charge in [0, 0.05) is 13.0 Å². The number of pyridine rings is 1. The van der Waals surface area contributed by atoms with E-state index in [1.807, 2.05) is 0 Å². The molecule has 0 amide bonds. The predicted molar refractivity (Wildman–Crippen MR) is 42.3 cm³/mol. The largest absolute Gasteiger partial charge is 0.501 e. The summed E-state index contributed by atoms with van der Waals surface area (Å²) in [7, 11) is 0. The highest BCUT2D eigenvalue weighted by Gasteiger charge is 2.23. The van der Waals surface area contributed by atoms with Crippen molar-refractivity contribution in [3.05, 3.63) is 27.4 Å². The zero-order valence-corrected chi connectivity index (χ0v) is 7.07. The van der Waals surface area contributed by atoms with E-state index in [9.17, 15) is 18.9 Å². The van der Waals surface area contributed by atoms with Crippen LogP contribution in [0.2, 0.25) is 0 Å². The number of nitro groups is 1. The molecule has 0 radical (unpaired) electrons. The van der Waals surface area contributed by atoms with E-state index in [0.717, 1.165) is 0 Å². The second-order valence-corrected chi connectivity index (χ2v) is 2.56. The minimum Gasteiger partial charge on any atom is -0.501 e. The Morgan fingerprint density at radius 2 is 2.21 bits per heavy atom. The van der Waals surface area contributed by atoms with Crippen molar-refractivity contribution in [3.63, 3.8) is 0 Å². The van der Waals surface area contributed by atoms with Crippen molar-refractivity contribution in [2.75, 3.05) is 0 Å². The number of aryl methyl sites for hydroxylation is 1. The Bertz CT molecular complexity index is 381. The molecule has 0 aliphatic rings. The number of aromatic nitrogens is 1. The molecule has 0 atom stereocenters. The lowest BCUT2D eigenvalue weighted by Gasteiger charge is -2.02. The molecule has 14 heavy (non-hydrogen) atoms. The summed E-state index contributed by atoms with van der Waals surface area (Å²) in [5.41, 5.74) is -0.669. The molecule has 1 rings (SSSR count). The highest BCUT2D eigenvalue weighted by Crippen LogP contribution is 2.30. The van der Waals surface area contributed by atoms with Gasteiger partial charge in [-0.15, -0.1) is 0 Å². The second kappa shape index (κ2) is 3.52. The van der Waals surface area contributed by atoms with E-state index in [0.29, 0.717) is 6.07 Å². The number of rotatable bonds is 2. The van der Waals surface area contributed by atoms with Crippen LogP contribution in [-0.2, 0) is 0 Å². The molecule has 1 aromatic rings. The molecule has 1 N–H and O–H groups in total. The molecular weight excluding hydrogens is 198 g/mol. The van der Waals surface area contributed by atoms with Crippen LogP contribution in [0.1, 0.15) is 17.7 Å². The smallest absolute Gasteiger partial charge is 0.406 e. The van der Waals surface area contributed by atoms with Crippen LogP contribution in [0.15, 0.2) is 6.07 Å². The highest BCUT2D eigenvalue weighted by atomic mass is 19.3. The molecule has 0 unspecified atom stereocenters. The number of alkyl halides is 2. The van der Waals surface area contributed by atoms with Crippen molar-refractivity contribution >= 4 is 5.82 Å². The topological polar surface area (TPSA) is 76.3 Å². The monoisotopic (exact) mass is 204 g/mol. The van der Waals surface area contributed by atoms with Crippen LogP contribution in [0, 0.1) is 17.0 Å². The van der Waals surface area contributed by atoms with E-state index >= 15 is 0 Å². The van der Waals surface area contributed by atoms with Crippen LogP contribution in [-0.4, -0.2) is 15.0 Å². The van der Waals surface area contributed by atoms with E-state index in [1.165, 1.54) is 6.92 Å². The lowest BCUT2D eigenvalue weighted by Crippen LogP contribution is -1.99. The lowest BCUT2D eigenvalue weighted by atomic mass is 10.2. The van der Waals surface area contributed by atoms with Gasteiger partial charge in [0.25, 0.3) is 6.43 Å². The Kier molecular flexibility index (Phi) is 2.59. The molecule has 0 aromatic carbocycles. The van der Waals surface area contributed by atoms with Gasteiger partial charge in [0.2, 0.25) is 5.75 Å². The first-order valence-corrected chi connectivity index (χ1v) is 3.56. The predicted octanol–water partition coefficient (Wildman–Crippen LogP) is 1.94. The van der Waals surface area contributed by atoms with Gasteiger partial charge in [-0.05, 0) is 9.91 Å². The van der Waals surface area contributed by atoms with Crippen molar-refractivity contribution in [1.29, 1.82) is 0 Å². The fourth-order valence-corrected chi connectivity index (χ4v) is 0.952. The Hall–Kier alpha value is -1.79. The molecule has 76 valence electrons. The first kappa shape index (κ1) is 10.3. The Morgan fingerprint density at radius 1 is 1.64 bits per heavy atom. The summed E-state index contributed by atoms with van der Waals surface area (Å²) in [5.74, 6) is -1.66. The van der Waals surface area contributed by atoms with E-state index in [-0.39, 0.29) is 5.69 Å². The minimum absolute atomic E-state index is 0.162. The van der Waals surface area contributed by atoms with Crippen molar-refractivity contribution in [1.82, 2.24) is 4.98 Å².